The van der Waals surface area contributed by atoms with E-state index in [1.165, 1.54) is 6.21 Å². The number of benzene rings is 2. The lowest BCUT2D eigenvalue weighted by atomic mass is 10.2. The molecule has 0 aromatic heterocycles. The third-order valence-corrected chi connectivity index (χ3v) is 4.11. The molecule has 0 saturated heterocycles. The normalized spacial score (nSPS) is 11.1. The number of anilines is 1. The molecule has 6 heteroatoms. The van der Waals surface area contributed by atoms with Crippen LogP contribution >= 0.6 is 0 Å². The van der Waals surface area contributed by atoms with Crippen molar-refractivity contribution < 1.29 is 9.90 Å². The number of rotatable bonds is 9. The van der Waals surface area contributed by atoms with Gasteiger partial charge in [-0.1, -0.05) is 19.1 Å². The van der Waals surface area contributed by atoms with E-state index < -0.39 is 0 Å². The van der Waals surface area contributed by atoms with E-state index in [1.54, 1.807) is 36.4 Å². The summed E-state index contributed by atoms with van der Waals surface area (Å²) in [5, 5.41) is 13.6. The Morgan fingerprint density at radius 1 is 1.07 bits per heavy atom. The molecular formula is C21H28N4O2. The Balaban J connectivity index is 1.98. The van der Waals surface area contributed by atoms with E-state index in [9.17, 15) is 9.90 Å². The summed E-state index contributed by atoms with van der Waals surface area (Å²) in [6.07, 6.45) is 2.49. The average molecular weight is 368 g/mol. The van der Waals surface area contributed by atoms with Gasteiger partial charge in [0.05, 0.1) is 6.21 Å². The fraction of sp³-hybridized carbons (Fsp3) is 0.333. The number of hydrogen-bond donors (Lipinski definition) is 2. The van der Waals surface area contributed by atoms with Crippen molar-refractivity contribution >= 4 is 17.8 Å². The highest BCUT2D eigenvalue weighted by atomic mass is 16.3. The average Bonchev–Trinajstić information content (AvgIpc) is 2.66. The number of nitrogens with zero attached hydrogens (tertiary/aromatic N) is 3. The van der Waals surface area contributed by atoms with Crippen molar-refractivity contribution in [2.24, 2.45) is 5.10 Å². The number of phenols is 1. The number of carbonyl (C=O) groups is 1. The van der Waals surface area contributed by atoms with Gasteiger partial charge in [0, 0.05) is 36.4 Å². The molecule has 2 rings (SSSR count). The number of amides is 1. The highest BCUT2D eigenvalue weighted by Crippen LogP contribution is 2.16. The lowest BCUT2D eigenvalue weighted by Crippen LogP contribution is -2.32. The van der Waals surface area contributed by atoms with Crippen LogP contribution in [-0.4, -0.2) is 55.9 Å². The van der Waals surface area contributed by atoms with Gasteiger partial charge in [-0.05, 0) is 56.9 Å². The minimum absolute atomic E-state index is 0.119. The third kappa shape index (κ3) is 6.42. The maximum absolute atomic E-state index is 12.2. The van der Waals surface area contributed by atoms with E-state index in [0.29, 0.717) is 11.1 Å². The molecule has 144 valence electrons. The van der Waals surface area contributed by atoms with E-state index in [4.69, 9.17) is 0 Å². The number of nitrogens with one attached hydrogen (secondary N) is 1. The topological polar surface area (TPSA) is 68.2 Å². The van der Waals surface area contributed by atoms with Crippen molar-refractivity contribution in [1.29, 1.82) is 0 Å². The summed E-state index contributed by atoms with van der Waals surface area (Å²) in [6, 6.07) is 14.3. The number of phenolic OH excluding ortho intramolecular Hbond substituents is 1. The molecule has 2 aromatic rings. The predicted molar refractivity (Wildman–Crippen MR) is 111 cm³/mol. The van der Waals surface area contributed by atoms with E-state index in [0.717, 1.165) is 31.7 Å². The maximum Gasteiger partial charge on any atom is 0.271 e. The minimum Gasteiger partial charge on any atom is -0.507 e. The van der Waals surface area contributed by atoms with Gasteiger partial charge in [-0.15, -0.1) is 0 Å². The molecular weight excluding hydrogens is 340 g/mol. The SMILES string of the molecule is CCCN(CCN(C)C)c1ccc(C(=O)N/N=C/c2ccccc2O)cc1. The third-order valence-electron chi connectivity index (χ3n) is 4.11. The monoisotopic (exact) mass is 368 g/mol. The van der Waals surface area contributed by atoms with Crippen LogP contribution in [0.5, 0.6) is 5.75 Å². The van der Waals surface area contributed by atoms with Gasteiger partial charge in [0.15, 0.2) is 0 Å². The molecule has 0 atom stereocenters. The molecule has 6 nitrogen and oxygen atoms in total. The number of para-hydroxylation sites is 1. The van der Waals surface area contributed by atoms with E-state index >= 15 is 0 Å². The van der Waals surface area contributed by atoms with Gasteiger partial charge < -0.3 is 14.9 Å². The molecule has 0 aliphatic carbocycles. The Kier molecular flexibility index (Phi) is 7.82. The van der Waals surface area contributed by atoms with Crippen LogP contribution in [0.25, 0.3) is 0 Å². The molecule has 0 bridgehead atoms. The van der Waals surface area contributed by atoms with Gasteiger partial charge in [0.2, 0.25) is 0 Å². The van der Waals surface area contributed by atoms with Crippen molar-refractivity contribution in [2.75, 3.05) is 38.6 Å². The lowest BCUT2D eigenvalue weighted by molar-refractivity contribution is 0.0955. The summed E-state index contributed by atoms with van der Waals surface area (Å²) in [6.45, 7) is 5.05. The summed E-state index contributed by atoms with van der Waals surface area (Å²) in [7, 11) is 4.13. The zero-order valence-corrected chi connectivity index (χ0v) is 16.2. The highest BCUT2D eigenvalue weighted by molar-refractivity contribution is 5.95. The fourth-order valence-electron chi connectivity index (χ4n) is 2.61. The lowest BCUT2D eigenvalue weighted by Gasteiger charge is -2.26. The number of hydrazone groups is 1. The van der Waals surface area contributed by atoms with Gasteiger partial charge in [-0.2, -0.15) is 5.10 Å². The zero-order chi connectivity index (χ0) is 19.6. The molecule has 0 aliphatic rings. The first-order valence-corrected chi connectivity index (χ1v) is 9.12. The Bertz CT molecular complexity index is 757. The summed E-state index contributed by atoms with van der Waals surface area (Å²) in [4.78, 5) is 16.7. The first-order valence-electron chi connectivity index (χ1n) is 9.12. The van der Waals surface area contributed by atoms with Crippen LogP contribution in [0.3, 0.4) is 0 Å². The number of aromatic hydroxyl groups is 1. The summed E-state index contributed by atoms with van der Waals surface area (Å²) in [5.41, 5.74) is 4.68. The van der Waals surface area contributed by atoms with Gasteiger partial charge in [0.25, 0.3) is 5.91 Å². The quantitative estimate of drug-likeness (QED) is 0.527. The van der Waals surface area contributed by atoms with Gasteiger partial charge in [0.1, 0.15) is 5.75 Å². The van der Waals surface area contributed by atoms with Crippen molar-refractivity contribution in [2.45, 2.75) is 13.3 Å². The molecule has 0 unspecified atom stereocenters. The Hall–Kier alpha value is -2.86. The molecule has 0 fully saturated rings. The molecule has 0 aliphatic heterocycles. The Morgan fingerprint density at radius 2 is 1.78 bits per heavy atom. The zero-order valence-electron chi connectivity index (χ0n) is 16.2. The highest BCUT2D eigenvalue weighted by Gasteiger charge is 2.09. The standard InChI is InChI=1S/C21H28N4O2/c1-4-13-25(15-14-24(2)3)19-11-9-17(10-12-19)21(27)23-22-16-18-7-5-6-8-20(18)26/h5-12,16,26H,4,13-15H2,1-3H3,(H,23,27)/b22-16+. The summed E-state index contributed by atoms with van der Waals surface area (Å²) >= 11 is 0. The molecule has 27 heavy (non-hydrogen) atoms. The molecule has 2 aromatic carbocycles. The van der Waals surface area contributed by atoms with Crippen LogP contribution in [0.4, 0.5) is 5.69 Å². The van der Waals surface area contributed by atoms with Crippen molar-refractivity contribution in [3.8, 4) is 5.75 Å². The Morgan fingerprint density at radius 3 is 2.41 bits per heavy atom. The van der Waals surface area contributed by atoms with Crippen molar-refractivity contribution in [3.63, 3.8) is 0 Å². The number of hydrogen-bond acceptors (Lipinski definition) is 5. The van der Waals surface area contributed by atoms with E-state index in [2.05, 4.69) is 41.3 Å². The first-order chi connectivity index (χ1) is 13.0. The summed E-state index contributed by atoms with van der Waals surface area (Å²) < 4.78 is 0. The minimum atomic E-state index is -0.288. The largest absolute Gasteiger partial charge is 0.507 e. The van der Waals surface area contributed by atoms with E-state index in [1.807, 2.05) is 12.1 Å². The van der Waals surface area contributed by atoms with Crippen LogP contribution < -0.4 is 10.3 Å². The second kappa shape index (κ2) is 10.3. The second-order valence-electron chi connectivity index (χ2n) is 6.60. The number of likely N-dealkylation sites (N-methyl/N-ethyl adjacent to an activating group) is 1. The maximum atomic E-state index is 12.2. The molecule has 0 heterocycles. The van der Waals surface area contributed by atoms with Crippen molar-refractivity contribution in [3.05, 3.63) is 59.7 Å². The second-order valence-corrected chi connectivity index (χ2v) is 6.60. The van der Waals surface area contributed by atoms with Crippen LogP contribution in [-0.2, 0) is 0 Å². The number of carbonyl (C=O) groups excluding carboxylic acids is 1. The molecule has 0 spiro atoms. The fourth-order valence-corrected chi connectivity index (χ4v) is 2.61. The van der Waals surface area contributed by atoms with Gasteiger partial charge in [-0.3, -0.25) is 4.79 Å². The van der Waals surface area contributed by atoms with Gasteiger partial charge in [-0.25, -0.2) is 5.43 Å². The van der Waals surface area contributed by atoms with Crippen LogP contribution in [0.1, 0.15) is 29.3 Å². The van der Waals surface area contributed by atoms with Gasteiger partial charge >= 0.3 is 0 Å². The van der Waals surface area contributed by atoms with Crippen LogP contribution in [0.2, 0.25) is 0 Å². The molecule has 0 radical (unpaired) electrons. The van der Waals surface area contributed by atoms with Crippen LogP contribution in [0.15, 0.2) is 53.6 Å². The van der Waals surface area contributed by atoms with Crippen LogP contribution in [0, 0.1) is 0 Å². The van der Waals surface area contributed by atoms with E-state index in [-0.39, 0.29) is 11.7 Å². The Labute approximate surface area is 161 Å². The summed E-state index contributed by atoms with van der Waals surface area (Å²) in [5.74, 6) is -0.169. The van der Waals surface area contributed by atoms with Crippen molar-refractivity contribution in [1.82, 2.24) is 10.3 Å². The molecule has 1 amide bonds. The molecule has 2 N–H and O–H groups in total. The smallest absolute Gasteiger partial charge is 0.271 e. The molecule has 0 saturated carbocycles. The predicted octanol–water partition coefficient (Wildman–Crippen LogP) is 2.93. The first kappa shape index (κ1) is 20.5.